The molecule has 184 valence electrons. The summed E-state index contributed by atoms with van der Waals surface area (Å²) in [5.74, 6) is -0.462. The topological polar surface area (TPSA) is 170 Å². The molecule has 4 aliphatic rings. The van der Waals surface area contributed by atoms with Gasteiger partial charge in [0.15, 0.2) is 12.4 Å². The van der Waals surface area contributed by atoms with Crippen LogP contribution >= 0.6 is 0 Å². The van der Waals surface area contributed by atoms with Gasteiger partial charge in [0.05, 0.1) is 6.10 Å². The van der Waals surface area contributed by atoms with Crippen molar-refractivity contribution in [1.82, 2.24) is 0 Å². The molecule has 9 heteroatoms. The molecule has 0 aromatic carbocycles. The first-order valence-electron chi connectivity index (χ1n) is 11.6. The third-order valence-electron chi connectivity index (χ3n) is 8.92. The van der Waals surface area contributed by atoms with Crippen LogP contribution in [0.4, 0.5) is 4.79 Å². The van der Waals surface area contributed by atoms with Gasteiger partial charge < -0.3 is 26.4 Å². The first-order valence-corrected chi connectivity index (χ1v) is 11.6. The molecule has 0 aliphatic heterocycles. The Bertz CT molecular complexity index is 882. The van der Waals surface area contributed by atoms with Crippen molar-refractivity contribution in [3.05, 3.63) is 11.6 Å². The molecule has 6 N–H and O–H groups in total. The number of urea groups is 1. The number of rotatable bonds is 3. The molecule has 0 spiro atoms. The molecule has 3 saturated carbocycles. The van der Waals surface area contributed by atoms with Crippen molar-refractivity contribution in [2.45, 2.75) is 77.4 Å². The molecule has 0 aromatic rings. The van der Waals surface area contributed by atoms with E-state index in [4.69, 9.17) is 9.53 Å². The van der Waals surface area contributed by atoms with Crippen LogP contribution in [0.15, 0.2) is 11.6 Å². The first-order chi connectivity index (χ1) is 15.3. The molecule has 2 amide bonds. The zero-order valence-electron chi connectivity index (χ0n) is 19.6. The third-order valence-corrected chi connectivity index (χ3v) is 8.92. The van der Waals surface area contributed by atoms with Gasteiger partial charge in [-0.1, -0.05) is 19.4 Å². The van der Waals surface area contributed by atoms with Gasteiger partial charge in [0.25, 0.3) is 0 Å². The van der Waals surface area contributed by atoms with E-state index in [1.807, 2.05) is 6.92 Å². The van der Waals surface area contributed by atoms with E-state index in [-0.39, 0.29) is 29.0 Å². The van der Waals surface area contributed by atoms with E-state index in [0.29, 0.717) is 19.3 Å². The van der Waals surface area contributed by atoms with Crippen molar-refractivity contribution in [1.29, 1.82) is 0 Å². The van der Waals surface area contributed by atoms with Gasteiger partial charge in [-0.2, -0.15) is 0 Å². The molecule has 0 aromatic heterocycles. The van der Waals surface area contributed by atoms with Crippen LogP contribution < -0.4 is 11.5 Å². The molecule has 7 unspecified atom stereocenters. The average Bonchev–Trinajstić information content (AvgIpc) is 2.97. The number of ether oxygens (including phenoxy) is 1. The fraction of sp³-hybridized carbons (Fsp3) is 0.750. The minimum atomic E-state index is -1.58. The summed E-state index contributed by atoms with van der Waals surface area (Å²) in [6.07, 6.45) is 5.54. The van der Waals surface area contributed by atoms with E-state index in [9.17, 15) is 24.6 Å². The van der Waals surface area contributed by atoms with Crippen molar-refractivity contribution in [3.63, 3.8) is 0 Å². The molecule has 0 bridgehead atoms. The van der Waals surface area contributed by atoms with Crippen molar-refractivity contribution in [3.8, 4) is 0 Å². The molecule has 7 atom stereocenters. The summed E-state index contributed by atoms with van der Waals surface area (Å²) in [6.45, 7) is 4.92. The molecule has 0 heterocycles. The van der Waals surface area contributed by atoms with Gasteiger partial charge in [-0.25, -0.2) is 4.79 Å². The molecule has 9 nitrogen and oxygen atoms in total. The maximum atomic E-state index is 12.9. The van der Waals surface area contributed by atoms with Crippen molar-refractivity contribution in [2.24, 2.45) is 40.1 Å². The summed E-state index contributed by atoms with van der Waals surface area (Å²) in [7, 11) is 0. The standard InChI is InChI=1S/C23H32O6.CH4N2O/c1-13(24)29-12-19(27)23(28)9-7-17-16-5-4-14-10-15(25)6-8-21(14,2)20(16)18(26)11-22(17,23)3;2-1(3)4/h10,16-18,20,26,28H,4-9,11-12H2,1-3H3;(H4,2,3,4). The van der Waals surface area contributed by atoms with E-state index in [2.05, 4.69) is 18.4 Å². The Hall–Kier alpha value is -2.26. The van der Waals surface area contributed by atoms with Crippen LogP contribution in [0.5, 0.6) is 0 Å². The number of hydrogen-bond donors (Lipinski definition) is 4. The highest BCUT2D eigenvalue weighted by molar-refractivity contribution is 5.92. The number of Topliss-reactive ketones (excluding diaryl/α,β-unsaturated/α-hetero) is 1. The maximum Gasteiger partial charge on any atom is 0.309 e. The highest BCUT2D eigenvalue weighted by Crippen LogP contribution is 2.67. The zero-order chi connectivity index (χ0) is 24.8. The van der Waals surface area contributed by atoms with Crippen LogP contribution in [-0.2, 0) is 19.1 Å². The summed E-state index contributed by atoms with van der Waals surface area (Å²) in [5.41, 5.74) is 7.14. The predicted molar refractivity (Wildman–Crippen MR) is 118 cm³/mol. The maximum absolute atomic E-state index is 12.9. The smallest absolute Gasteiger partial charge is 0.309 e. The van der Waals surface area contributed by atoms with Crippen LogP contribution in [0.25, 0.3) is 0 Å². The van der Waals surface area contributed by atoms with Gasteiger partial charge in [0, 0.05) is 18.8 Å². The number of fused-ring (bicyclic) bond motifs is 5. The van der Waals surface area contributed by atoms with Crippen molar-refractivity contribution >= 4 is 23.6 Å². The van der Waals surface area contributed by atoms with Crippen LogP contribution in [-0.4, -0.2) is 52.1 Å². The number of aliphatic hydroxyl groups is 2. The Morgan fingerprint density at radius 2 is 1.79 bits per heavy atom. The first kappa shape index (κ1) is 25.4. The minimum Gasteiger partial charge on any atom is -0.458 e. The molecule has 4 aliphatic carbocycles. The van der Waals surface area contributed by atoms with Gasteiger partial charge >= 0.3 is 12.0 Å². The molecular weight excluding hydrogens is 428 g/mol. The fourth-order valence-corrected chi connectivity index (χ4v) is 7.44. The Kier molecular flexibility index (Phi) is 6.79. The normalized spacial score (nSPS) is 41.4. The van der Waals surface area contributed by atoms with Gasteiger partial charge in [-0.15, -0.1) is 0 Å². The summed E-state index contributed by atoms with van der Waals surface area (Å²) in [6, 6.07) is -0.833. The van der Waals surface area contributed by atoms with Gasteiger partial charge in [0.1, 0.15) is 5.60 Å². The van der Waals surface area contributed by atoms with Gasteiger partial charge in [0.2, 0.25) is 5.78 Å². The lowest BCUT2D eigenvalue weighted by molar-refractivity contribution is -0.184. The van der Waals surface area contributed by atoms with Crippen LogP contribution in [0.1, 0.15) is 65.7 Å². The lowest BCUT2D eigenvalue weighted by Gasteiger charge is -2.60. The summed E-state index contributed by atoms with van der Waals surface area (Å²) in [4.78, 5) is 45.0. The van der Waals surface area contributed by atoms with Crippen molar-refractivity contribution in [2.75, 3.05) is 6.61 Å². The molecule has 0 radical (unpaired) electrons. The summed E-state index contributed by atoms with van der Waals surface area (Å²) in [5, 5.41) is 22.8. The number of allylic oxidation sites excluding steroid dienone is 1. The highest BCUT2D eigenvalue weighted by Gasteiger charge is 2.68. The number of carbonyl (C=O) groups excluding carboxylic acids is 4. The second-order valence-electron chi connectivity index (χ2n) is 10.6. The van der Waals surface area contributed by atoms with E-state index in [1.165, 1.54) is 6.92 Å². The predicted octanol–water partition coefficient (Wildman–Crippen LogP) is 1.38. The molecule has 0 saturated heterocycles. The SMILES string of the molecule is CC(=O)OCC(=O)C1(O)CCC2C3CCC4=CC(=O)CCC4(C)C3C(O)CC21C.NC(N)=O. The monoisotopic (exact) mass is 464 g/mol. The van der Waals surface area contributed by atoms with Crippen LogP contribution in [0.2, 0.25) is 0 Å². The third kappa shape index (κ3) is 4.21. The number of carbonyl (C=O) groups is 4. The largest absolute Gasteiger partial charge is 0.458 e. The Morgan fingerprint density at radius 1 is 1.15 bits per heavy atom. The number of aliphatic hydroxyl groups excluding tert-OH is 1. The summed E-state index contributed by atoms with van der Waals surface area (Å²) >= 11 is 0. The molecule has 4 rings (SSSR count). The van der Waals surface area contributed by atoms with E-state index in [0.717, 1.165) is 31.3 Å². The fourth-order valence-electron chi connectivity index (χ4n) is 7.44. The van der Waals surface area contributed by atoms with Gasteiger partial charge in [-0.3, -0.25) is 14.4 Å². The molecule has 33 heavy (non-hydrogen) atoms. The van der Waals surface area contributed by atoms with E-state index in [1.54, 1.807) is 6.08 Å². The van der Waals surface area contributed by atoms with E-state index < -0.39 is 41.5 Å². The van der Waals surface area contributed by atoms with E-state index >= 15 is 0 Å². The number of hydrogen-bond acceptors (Lipinski definition) is 7. The zero-order valence-corrected chi connectivity index (χ0v) is 19.6. The van der Waals surface area contributed by atoms with Gasteiger partial charge in [-0.05, 0) is 67.8 Å². The van der Waals surface area contributed by atoms with Crippen LogP contribution in [0.3, 0.4) is 0 Å². The Balaban J connectivity index is 0.000000709. The quantitative estimate of drug-likeness (QED) is 0.457. The van der Waals surface area contributed by atoms with Crippen LogP contribution in [0, 0.1) is 28.6 Å². The second-order valence-corrected chi connectivity index (χ2v) is 10.6. The number of amides is 2. The molecule has 3 fully saturated rings. The summed E-state index contributed by atoms with van der Waals surface area (Å²) < 4.78 is 4.89. The number of primary amides is 2. The minimum absolute atomic E-state index is 0.0413. The molecular formula is C24H36N2O7. The highest BCUT2D eigenvalue weighted by atomic mass is 16.5. The second kappa shape index (κ2) is 8.83. The Labute approximate surface area is 193 Å². The average molecular weight is 465 g/mol. The number of esters is 1. The number of nitrogens with two attached hydrogens (primary N) is 2. The number of ketones is 2. The lowest BCUT2D eigenvalue weighted by Crippen LogP contribution is -2.62. The Morgan fingerprint density at radius 3 is 2.39 bits per heavy atom. The lowest BCUT2D eigenvalue weighted by atomic mass is 9.45. The van der Waals surface area contributed by atoms with Crippen molar-refractivity contribution < 1.29 is 34.1 Å².